The van der Waals surface area contributed by atoms with Gasteiger partial charge in [-0.05, 0) is 30.7 Å². The van der Waals surface area contributed by atoms with Crippen LogP contribution in [-0.4, -0.2) is 31.7 Å². The highest BCUT2D eigenvalue weighted by molar-refractivity contribution is 8.00. The molecule has 1 heterocycles. The van der Waals surface area contributed by atoms with Gasteiger partial charge in [-0.25, -0.2) is 8.42 Å². The highest BCUT2D eigenvalue weighted by Gasteiger charge is 2.18. The molecule has 2 rings (SSSR count). The fourth-order valence-electron chi connectivity index (χ4n) is 2.07. The first kappa shape index (κ1) is 13.7. The monoisotopic (exact) mass is 285 g/mol. The van der Waals surface area contributed by atoms with Gasteiger partial charge in [-0.15, -0.1) is 0 Å². The van der Waals surface area contributed by atoms with E-state index in [0.717, 1.165) is 12.2 Å². The summed E-state index contributed by atoms with van der Waals surface area (Å²) in [6, 6.07) is 7.18. The molecule has 0 amide bonds. The summed E-state index contributed by atoms with van der Waals surface area (Å²) in [5.74, 6) is 1.37. The Balaban J connectivity index is 2.12. The molecule has 1 aromatic rings. The molecule has 100 valence electrons. The van der Waals surface area contributed by atoms with Crippen LogP contribution in [0.4, 0.5) is 5.69 Å². The van der Waals surface area contributed by atoms with Crippen LogP contribution in [0.3, 0.4) is 0 Å². The van der Waals surface area contributed by atoms with Crippen LogP contribution in [0.15, 0.2) is 29.2 Å². The van der Waals surface area contributed by atoms with Crippen LogP contribution in [-0.2, 0) is 9.84 Å². The summed E-state index contributed by atoms with van der Waals surface area (Å²) in [5, 5.41) is 3.91. The van der Waals surface area contributed by atoms with Crippen LogP contribution < -0.4 is 5.32 Å². The number of sulfone groups is 1. The predicted molar refractivity (Wildman–Crippen MR) is 78.1 cm³/mol. The van der Waals surface area contributed by atoms with Gasteiger partial charge in [0.15, 0.2) is 9.84 Å². The van der Waals surface area contributed by atoms with Crippen molar-refractivity contribution < 1.29 is 8.42 Å². The third-order valence-electron chi connectivity index (χ3n) is 3.15. The van der Waals surface area contributed by atoms with Crippen molar-refractivity contribution >= 4 is 27.3 Å². The van der Waals surface area contributed by atoms with Crippen molar-refractivity contribution in [2.75, 3.05) is 23.4 Å². The number of hydrogen-bond donors (Lipinski definition) is 1. The second kappa shape index (κ2) is 5.97. The van der Waals surface area contributed by atoms with Gasteiger partial charge < -0.3 is 5.32 Å². The molecule has 3 nitrogen and oxygen atoms in total. The number of benzene rings is 1. The Labute approximate surface area is 113 Å². The van der Waals surface area contributed by atoms with Crippen LogP contribution in [0.2, 0.25) is 0 Å². The number of para-hydroxylation sites is 1. The van der Waals surface area contributed by atoms with Crippen LogP contribution in [0, 0.1) is 0 Å². The van der Waals surface area contributed by atoms with Crippen LogP contribution in [0.25, 0.3) is 0 Å². The average Bonchev–Trinajstić information content (AvgIpc) is 2.90. The van der Waals surface area contributed by atoms with Crippen molar-refractivity contribution in [3.05, 3.63) is 24.3 Å². The summed E-state index contributed by atoms with van der Waals surface area (Å²) in [7, 11) is -3.14. The van der Waals surface area contributed by atoms with E-state index in [1.807, 2.05) is 23.9 Å². The van der Waals surface area contributed by atoms with E-state index in [9.17, 15) is 8.42 Å². The second-order valence-electron chi connectivity index (χ2n) is 4.42. The van der Waals surface area contributed by atoms with Crippen molar-refractivity contribution in [2.45, 2.75) is 29.9 Å². The van der Waals surface area contributed by atoms with Gasteiger partial charge in [0.25, 0.3) is 0 Å². The third kappa shape index (κ3) is 3.20. The lowest BCUT2D eigenvalue weighted by molar-refractivity contribution is 0.597. The maximum absolute atomic E-state index is 12.0. The summed E-state index contributed by atoms with van der Waals surface area (Å²) in [6.45, 7) is 2.53. The third-order valence-corrected chi connectivity index (χ3v) is 6.33. The number of nitrogens with one attached hydrogen (secondary N) is 1. The van der Waals surface area contributed by atoms with E-state index in [1.165, 1.54) is 18.6 Å². The van der Waals surface area contributed by atoms with Gasteiger partial charge in [-0.2, -0.15) is 11.8 Å². The molecule has 0 aliphatic carbocycles. The summed E-state index contributed by atoms with van der Waals surface area (Å²) in [6.07, 6.45) is 2.49. The molecule has 0 bridgehead atoms. The highest BCUT2D eigenvalue weighted by Crippen LogP contribution is 2.28. The minimum absolute atomic E-state index is 0.143. The molecule has 0 spiro atoms. The molecule has 1 aliphatic rings. The molecule has 1 N–H and O–H groups in total. The summed E-state index contributed by atoms with van der Waals surface area (Å²) in [5.41, 5.74) is 0.742. The molecule has 0 aromatic heterocycles. The lowest BCUT2D eigenvalue weighted by atomic mass is 10.2. The quantitative estimate of drug-likeness (QED) is 0.903. The molecule has 1 aliphatic heterocycles. The maximum Gasteiger partial charge on any atom is 0.180 e. The molecule has 1 fully saturated rings. The largest absolute Gasteiger partial charge is 0.383 e. The standard InChI is InChI=1S/C13H19NO2S2/c1-2-18(15,16)13-8-4-3-7-12(13)14-10-11-6-5-9-17-11/h3-4,7-8,11,14H,2,5-6,9-10H2,1H3. The molecule has 1 unspecified atom stereocenters. The average molecular weight is 285 g/mol. The van der Waals surface area contributed by atoms with Crippen molar-refractivity contribution in [1.82, 2.24) is 0 Å². The highest BCUT2D eigenvalue weighted by atomic mass is 32.2. The van der Waals surface area contributed by atoms with Crippen LogP contribution in [0.1, 0.15) is 19.8 Å². The molecule has 5 heteroatoms. The summed E-state index contributed by atoms with van der Waals surface area (Å²) >= 11 is 1.97. The smallest absolute Gasteiger partial charge is 0.180 e. The molecule has 0 radical (unpaired) electrons. The van der Waals surface area contributed by atoms with Gasteiger partial charge in [0.05, 0.1) is 16.3 Å². The zero-order valence-corrected chi connectivity index (χ0v) is 12.2. The topological polar surface area (TPSA) is 46.2 Å². The van der Waals surface area contributed by atoms with E-state index >= 15 is 0 Å². The first-order chi connectivity index (χ1) is 8.63. The summed E-state index contributed by atoms with van der Waals surface area (Å²) < 4.78 is 23.9. The van der Waals surface area contributed by atoms with Crippen LogP contribution >= 0.6 is 11.8 Å². The predicted octanol–water partition coefficient (Wildman–Crippen LogP) is 2.79. The van der Waals surface area contributed by atoms with Crippen molar-refractivity contribution in [2.24, 2.45) is 0 Å². The van der Waals surface area contributed by atoms with Crippen molar-refractivity contribution in [3.63, 3.8) is 0 Å². The fraction of sp³-hybridized carbons (Fsp3) is 0.538. The second-order valence-corrected chi connectivity index (χ2v) is 8.07. The number of anilines is 1. The van der Waals surface area contributed by atoms with Gasteiger partial charge >= 0.3 is 0 Å². The normalized spacial score (nSPS) is 19.9. The Morgan fingerprint density at radius 2 is 2.17 bits per heavy atom. The molecular formula is C13H19NO2S2. The first-order valence-electron chi connectivity index (χ1n) is 6.31. The lowest BCUT2D eigenvalue weighted by Crippen LogP contribution is -2.16. The van der Waals surface area contributed by atoms with E-state index in [0.29, 0.717) is 10.1 Å². The van der Waals surface area contributed by atoms with E-state index in [-0.39, 0.29) is 5.75 Å². The number of rotatable bonds is 5. The van der Waals surface area contributed by atoms with Crippen molar-refractivity contribution in [3.8, 4) is 0 Å². The Kier molecular flexibility index (Phi) is 4.56. The molecule has 0 saturated carbocycles. The molecular weight excluding hydrogens is 266 g/mol. The first-order valence-corrected chi connectivity index (χ1v) is 9.01. The fourth-order valence-corrected chi connectivity index (χ4v) is 4.34. The molecule has 1 aromatic carbocycles. The minimum Gasteiger partial charge on any atom is -0.383 e. The summed E-state index contributed by atoms with van der Waals surface area (Å²) in [4.78, 5) is 0.426. The Morgan fingerprint density at radius 3 is 2.83 bits per heavy atom. The zero-order chi connectivity index (χ0) is 13.0. The van der Waals surface area contributed by atoms with Gasteiger partial charge in [-0.3, -0.25) is 0 Å². The zero-order valence-electron chi connectivity index (χ0n) is 10.6. The van der Waals surface area contributed by atoms with Gasteiger partial charge in [0, 0.05) is 11.8 Å². The minimum atomic E-state index is -3.14. The number of thioether (sulfide) groups is 1. The lowest BCUT2D eigenvalue weighted by Gasteiger charge is -2.14. The van der Waals surface area contributed by atoms with Gasteiger partial charge in [0.2, 0.25) is 0 Å². The van der Waals surface area contributed by atoms with Crippen LogP contribution in [0.5, 0.6) is 0 Å². The molecule has 18 heavy (non-hydrogen) atoms. The maximum atomic E-state index is 12.0. The number of hydrogen-bond acceptors (Lipinski definition) is 4. The van der Waals surface area contributed by atoms with Gasteiger partial charge in [0.1, 0.15) is 0 Å². The van der Waals surface area contributed by atoms with E-state index < -0.39 is 9.84 Å². The Morgan fingerprint density at radius 1 is 1.39 bits per heavy atom. The van der Waals surface area contributed by atoms with E-state index in [2.05, 4.69) is 5.32 Å². The Hall–Kier alpha value is -0.680. The van der Waals surface area contributed by atoms with Crippen molar-refractivity contribution in [1.29, 1.82) is 0 Å². The van der Waals surface area contributed by atoms with E-state index in [1.54, 1.807) is 19.1 Å². The van der Waals surface area contributed by atoms with E-state index in [4.69, 9.17) is 0 Å². The van der Waals surface area contributed by atoms with Gasteiger partial charge in [-0.1, -0.05) is 19.1 Å². The molecule has 1 atom stereocenters. The molecule has 1 saturated heterocycles. The Bertz CT molecular complexity index is 493. The SMILES string of the molecule is CCS(=O)(=O)c1ccccc1NCC1CCCS1.